The number of aryl methyl sites for hydroxylation is 2. The summed E-state index contributed by atoms with van der Waals surface area (Å²) in [6, 6.07) is 20.4. The van der Waals surface area contributed by atoms with E-state index >= 15 is 0 Å². The number of carbonyl (C=O) groups is 1. The van der Waals surface area contributed by atoms with Crippen molar-refractivity contribution >= 4 is 11.7 Å². The molecule has 2 amide bonds. The van der Waals surface area contributed by atoms with Crippen molar-refractivity contribution in [2.75, 3.05) is 11.9 Å². The number of hydrogen-bond donors (Lipinski definition) is 1. The van der Waals surface area contributed by atoms with Gasteiger partial charge in [-0.05, 0) is 48.2 Å². The Morgan fingerprint density at radius 1 is 1.04 bits per heavy atom. The second-order valence-corrected chi connectivity index (χ2v) is 7.02. The van der Waals surface area contributed by atoms with Gasteiger partial charge in [-0.2, -0.15) is 0 Å². The lowest BCUT2D eigenvalue weighted by atomic mass is 9.96. The smallest absolute Gasteiger partial charge is 0.322 e. The number of carbonyl (C=O) groups excluding carboxylic acids is 1. The summed E-state index contributed by atoms with van der Waals surface area (Å²) in [6.07, 6.45) is 2.99. The molecule has 0 spiro atoms. The SMILES string of the molecule is CCc1ccccc1NC(=O)N1CCn2cccc2[C@H]1c1ccccc1C. The monoisotopic (exact) mass is 359 g/mol. The fourth-order valence-electron chi connectivity index (χ4n) is 3.96. The van der Waals surface area contributed by atoms with Gasteiger partial charge in [-0.15, -0.1) is 0 Å². The van der Waals surface area contributed by atoms with Gasteiger partial charge >= 0.3 is 6.03 Å². The first-order valence-electron chi connectivity index (χ1n) is 9.55. The molecule has 4 heteroatoms. The Bertz CT molecular complexity index is 960. The molecule has 0 unspecified atom stereocenters. The molecular weight excluding hydrogens is 334 g/mol. The Labute approximate surface area is 160 Å². The largest absolute Gasteiger partial charge is 0.348 e. The van der Waals surface area contributed by atoms with E-state index in [2.05, 4.69) is 60.3 Å². The van der Waals surface area contributed by atoms with Crippen LogP contribution in [0.1, 0.15) is 35.3 Å². The van der Waals surface area contributed by atoms with Gasteiger partial charge < -0.3 is 14.8 Å². The van der Waals surface area contributed by atoms with Gasteiger partial charge in [0.2, 0.25) is 0 Å². The summed E-state index contributed by atoms with van der Waals surface area (Å²) in [4.78, 5) is 15.2. The van der Waals surface area contributed by atoms with E-state index in [1.165, 1.54) is 11.1 Å². The van der Waals surface area contributed by atoms with Gasteiger partial charge in [0.15, 0.2) is 0 Å². The maximum Gasteiger partial charge on any atom is 0.322 e. The maximum atomic E-state index is 13.3. The van der Waals surface area contributed by atoms with Crippen molar-refractivity contribution < 1.29 is 4.79 Å². The third kappa shape index (κ3) is 3.23. The molecule has 4 nitrogen and oxygen atoms in total. The van der Waals surface area contributed by atoms with Crippen LogP contribution in [0.25, 0.3) is 0 Å². The van der Waals surface area contributed by atoms with E-state index in [9.17, 15) is 4.79 Å². The number of hydrogen-bond acceptors (Lipinski definition) is 1. The summed E-state index contributed by atoms with van der Waals surface area (Å²) in [5.74, 6) is 0. The lowest BCUT2D eigenvalue weighted by Gasteiger charge is -2.38. The predicted molar refractivity (Wildman–Crippen MR) is 109 cm³/mol. The average Bonchev–Trinajstić information content (AvgIpc) is 3.17. The highest BCUT2D eigenvalue weighted by atomic mass is 16.2. The molecular formula is C23H25N3O. The maximum absolute atomic E-state index is 13.3. The van der Waals surface area contributed by atoms with Crippen LogP contribution in [0, 0.1) is 6.92 Å². The third-order valence-corrected chi connectivity index (χ3v) is 5.42. The fraction of sp³-hybridized carbons (Fsp3) is 0.261. The first-order chi connectivity index (χ1) is 13.2. The molecule has 1 aromatic heterocycles. The molecule has 0 radical (unpaired) electrons. The van der Waals surface area contributed by atoms with Gasteiger partial charge in [0.1, 0.15) is 0 Å². The number of anilines is 1. The molecule has 2 aromatic carbocycles. The number of benzene rings is 2. The molecule has 0 bridgehead atoms. The first kappa shape index (κ1) is 17.4. The van der Waals surface area contributed by atoms with E-state index in [1.54, 1.807) is 0 Å². The molecule has 2 heterocycles. The van der Waals surface area contributed by atoms with Crippen molar-refractivity contribution in [1.29, 1.82) is 0 Å². The van der Waals surface area contributed by atoms with Crippen molar-refractivity contribution in [2.45, 2.75) is 32.9 Å². The molecule has 0 fully saturated rings. The number of aromatic nitrogens is 1. The summed E-state index contributed by atoms with van der Waals surface area (Å²) >= 11 is 0. The summed E-state index contributed by atoms with van der Waals surface area (Å²) in [5, 5.41) is 3.15. The van der Waals surface area contributed by atoms with Gasteiger partial charge in [0.05, 0.1) is 6.04 Å². The van der Waals surface area contributed by atoms with Crippen LogP contribution in [0.4, 0.5) is 10.5 Å². The molecule has 27 heavy (non-hydrogen) atoms. The zero-order valence-electron chi connectivity index (χ0n) is 15.9. The van der Waals surface area contributed by atoms with Gasteiger partial charge in [-0.3, -0.25) is 0 Å². The van der Waals surface area contributed by atoms with Crippen LogP contribution in [0.5, 0.6) is 0 Å². The molecule has 0 saturated carbocycles. The molecule has 138 valence electrons. The molecule has 1 aliphatic rings. The van der Waals surface area contributed by atoms with E-state index in [0.29, 0.717) is 6.54 Å². The molecule has 0 saturated heterocycles. The molecule has 0 aliphatic carbocycles. The number of nitrogens with zero attached hydrogens (tertiary/aromatic N) is 2. The zero-order chi connectivity index (χ0) is 18.8. The van der Waals surface area contributed by atoms with Crippen LogP contribution in [0.2, 0.25) is 0 Å². The van der Waals surface area contributed by atoms with Crippen molar-refractivity contribution in [2.24, 2.45) is 0 Å². The molecule has 4 rings (SSSR count). The second-order valence-electron chi connectivity index (χ2n) is 7.02. The van der Waals surface area contributed by atoms with Gasteiger partial charge in [0.25, 0.3) is 0 Å². The van der Waals surface area contributed by atoms with Crippen LogP contribution in [0.15, 0.2) is 66.9 Å². The van der Waals surface area contributed by atoms with Gasteiger partial charge in [-0.1, -0.05) is 49.4 Å². The van der Waals surface area contributed by atoms with E-state index in [1.807, 2.05) is 35.2 Å². The van der Waals surface area contributed by atoms with Crippen molar-refractivity contribution in [1.82, 2.24) is 9.47 Å². The summed E-state index contributed by atoms with van der Waals surface area (Å²) in [5.41, 5.74) is 5.59. The highest BCUT2D eigenvalue weighted by Gasteiger charge is 2.33. The van der Waals surface area contributed by atoms with E-state index < -0.39 is 0 Å². The Morgan fingerprint density at radius 3 is 2.63 bits per heavy atom. The molecule has 1 atom stereocenters. The van der Waals surface area contributed by atoms with Gasteiger partial charge in [-0.25, -0.2) is 4.79 Å². The van der Waals surface area contributed by atoms with Crippen molar-refractivity contribution in [3.05, 3.63) is 89.2 Å². The van der Waals surface area contributed by atoms with Crippen LogP contribution >= 0.6 is 0 Å². The zero-order valence-corrected chi connectivity index (χ0v) is 15.9. The number of urea groups is 1. The molecule has 1 N–H and O–H groups in total. The molecule has 1 aliphatic heterocycles. The lowest BCUT2D eigenvalue weighted by molar-refractivity contribution is 0.181. The number of rotatable bonds is 3. The van der Waals surface area contributed by atoms with Gasteiger partial charge in [0, 0.05) is 30.7 Å². The highest BCUT2D eigenvalue weighted by Crippen LogP contribution is 2.34. The fourth-order valence-corrected chi connectivity index (χ4v) is 3.96. The Hall–Kier alpha value is -3.01. The number of amides is 2. The van der Waals surface area contributed by atoms with E-state index in [-0.39, 0.29) is 12.1 Å². The summed E-state index contributed by atoms with van der Waals surface area (Å²) in [7, 11) is 0. The van der Waals surface area contributed by atoms with E-state index in [4.69, 9.17) is 0 Å². The van der Waals surface area contributed by atoms with Crippen LogP contribution in [-0.4, -0.2) is 22.0 Å². The topological polar surface area (TPSA) is 37.3 Å². The predicted octanol–water partition coefficient (Wildman–Crippen LogP) is 5.00. The summed E-state index contributed by atoms with van der Waals surface area (Å²) in [6.45, 7) is 5.71. The van der Waals surface area contributed by atoms with Crippen LogP contribution in [-0.2, 0) is 13.0 Å². The van der Waals surface area contributed by atoms with Crippen molar-refractivity contribution in [3.63, 3.8) is 0 Å². The highest BCUT2D eigenvalue weighted by molar-refractivity contribution is 5.90. The normalized spacial score (nSPS) is 16.1. The Kier molecular flexibility index (Phi) is 4.71. The Morgan fingerprint density at radius 2 is 1.81 bits per heavy atom. The van der Waals surface area contributed by atoms with Crippen LogP contribution in [0.3, 0.4) is 0 Å². The minimum atomic E-state index is -0.0799. The van der Waals surface area contributed by atoms with E-state index in [0.717, 1.165) is 29.9 Å². The third-order valence-electron chi connectivity index (χ3n) is 5.42. The van der Waals surface area contributed by atoms with Crippen molar-refractivity contribution in [3.8, 4) is 0 Å². The lowest BCUT2D eigenvalue weighted by Crippen LogP contribution is -2.44. The minimum Gasteiger partial charge on any atom is -0.348 e. The average molecular weight is 359 g/mol. The Balaban J connectivity index is 1.70. The quantitative estimate of drug-likeness (QED) is 0.702. The second kappa shape index (κ2) is 7.31. The minimum absolute atomic E-state index is 0.0448. The number of fused-ring (bicyclic) bond motifs is 1. The van der Waals surface area contributed by atoms with Crippen LogP contribution < -0.4 is 5.32 Å². The number of para-hydroxylation sites is 1. The standard InChI is InChI=1S/C23H25N3O/c1-3-18-10-5-7-12-20(18)24-23(27)26-16-15-25-14-8-13-21(25)22(26)19-11-6-4-9-17(19)2/h4-14,22H,3,15-16H2,1-2H3,(H,24,27)/t22-/m1/s1. The number of nitrogens with one attached hydrogen (secondary N) is 1. The summed E-state index contributed by atoms with van der Waals surface area (Å²) < 4.78 is 2.25. The molecule has 3 aromatic rings. The first-order valence-corrected chi connectivity index (χ1v) is 9.55.